The Hall–Kier alpha value is -1.16. The van der Waals surface area contributed by atoms with Crippen molar-refractivity contribution in [3.8, 4) is 0 Å². The lowest BCUT2D eigenvalue weighted by Gasteiger charge is -2.20. The summed E-state index contributed by atoms with van der Waals surface area (Å²) in [7, 11) is 0. The molecule has 0 atom stereocenters. The van der Waals surface area contributed by atoms with E-state index in [-0.39, 0.29) is 5.56 Å². The second-order valence-corrected chi connectivity index (χ2v) is 6.00. The van der Waals surface area contributed by atoms with Crippen molar-refractivity contribution in [3.63, 3.8) is 0 Å². The van der Waals surface area contributed by atoms with Gasteiger partial charge in [-0.05, 0) is 37.5 Å². The molecule has 0 aromatic carbocycles. The molecule has 96 valence electrons. The van der Waals surface area contributed by atoms with Crippen molar-refractivity contribution in [1.29, 1.82) is 0 Å². The first-order chi connectivity index (χ1) is 8.83. The number of nitrogens with one attached hydrogen (secondary N) is 2. The van der Waals surface area contributed by atoms with E-state index in [1.807, 2.05) is 0 Å². The first-order valence-corrected chi connectivity index (χ1v) is 7.15. The number of fused-ring (bicyclic) bond motifs is 1. The van der Waals surface area contributed by atoms with E-state index in [2.05, 4.69) is 10.3 Å². The molecular weight excluding hydrogens is 226 g/mol. The molecule has 2 saturated carbocycles. The minimum atomic E-state index is 0.0912. The molecule has 4 rings (SSSR count). The number of hydrogen-bond acceptors (Lipinski definition) is 3. The van der Waals surface area contributed by atoms with E-state index in [0.717, 1.165) is 41.9 Å². The molecule has 2 N–H and O–H groups in total. The molecule has 4 heteroatoms. The van der Waals surface area contributed by atoms with Gasteiger partial charge in [-0.3, -0.25) is 4.79 Å². The van der Waals surface area contributed by atoms with Gasteiger partial charge in [-0.1, -0.05) is 0 Å². The summed E-state index contributed by atoms with van der Waals surface area (Å²) in [5, 5.41) is 3.24. The molecule has 2 heterocycles. The van der Waals surface area contributed by atoms with Crippen molar-refractivity contribution >= 4 is 0 Å². The van der Waals surface area contributed by atoms with Crippen LogP contribution in [0.2, 0.25) is 0 Å². The summed E-state index contributed by atoms with van der Waals surface area (Å²) >= 11 is 0. The Bertz CT molecular complexity index is 516. The highest BCUT2D eigenvalue weighted by atomic mass is 16.1. The zero-order chi connectivity index (χ0) is 12.1. The first-order valence-electron chi connectivity index (χ1n) is 7.15. The predicted molar refractivity (Wildman–Crippen MR) is 68.5 cm³/mol. The lowest BCUT2D eigenvalue weighted by molar-refractivity contribution is 0.498. The van der Waals surface area contributed by atoms with Crippen LogP contribution in [0.3, 0.4) is 0 Å². The second kappa shape index (κ2) is 3.92. The van der Waals surface area contributed by atoms with Crippen LogP contribution in [-0.4, -0.2) is 16.5 Å². The van der Waals surface area contributed by atoms with Gasteiger partial charge in [0.1, 0.15) is 5.82 Å². The topological polar surface area (TPSA) is 57.8 Å². The van der Waals surface area contributed by atoms with Gasteiger partial charge in [0, 0.05) is 25.4 Å². The molecule has 4 nitrogen and oxygen atoms in total. The summed E-state index contributed by atoms with van der Waals surface area (Å²) in [5.41, 5.74) is 1.99. The van der Waals surface area contributed by atoms with Crippen molar-refractivity contribution in [2.24, 2.45) is 11.8 Å². The highest BCUT2D eigenvalue weighted by Gasteiger charge is 2.43. The number of aromatic amines is 1. The van der Waals surface area contributed by atoms with E-state index in [1.165, 1.54) is 25.7 Å². The Balaban J connectivity index is 1.75. The fourth-order valence-electron chi connectivity index (χ4n) is 3.27. The van der Waals surface area contributed by atoms with Crippen LogP contribution in [0, 0.1) is 11.8 Å². The van der Waals surface area contributed by atoms with Gasteiger partial charge in [-0.15, -0.1) is 0 Å². The molecule has 0 amide bonds. The van der Waals surface area contributed by atoms with Crippen LogP contribution in [-0.2, 0) is 13.0 Å². The van der Waals surface area contributed by atoms with Gasteiger partial charge in [0.2, 0.25) is 0 Å². The molecule has 2 fully saturated rings. The third-order valence-electron chi connectivity index (χ3n) is 4.54. The Labute approximate surface area is 106 Å². The number of rotatable bonds is 3. The summed E-state index contributed by atoms with van der Waals surface area (Å²) < 4.78 is 0. The summed E-state index contributed by atoms with van der Waals surface area (Å²) in [6.07, 6.45) is 6.19. The smallest absolute Gasteiger partial charge is 0.255 e. The van der Waals surface area contributed by atoms with E-state index in [4.69, 9.17) is 4.98 Å². The quantitative estimate of drug-likeness (QED) is 0.844. The highest BCUT2D eigenvalue weighted by molar-refractivity contribution is 5.23. The maximum atomic E-state index is 12.1. The van der Waals surface area contributed by atoms with Crippen molar-refractivity contribution in [1.82, 2.24) is 15.3 Å². The zero-order valence-corrected chi connectivity index (χ0v) is 10.5. The van der Waals surface area contributed by atoms with Gasteiger partial charge in [0.15, 0.2) is 0 Å². The molecule has 1 aliphatic heterocycles. The van der Waals surface area contributed by atoms with Gasteiger partial charge in [-0.2, -0.15) is 0 Å². The fraction of sp³-hybridized carbons (Fsp3) is 0.714. The Kier molecular flexibility index (Phi) is 2.34. The molecule has 18 heavy (non-hydrogen) atoms. The third kappa shape index (κ3) is 1.79. The predicted octanol–water partition coefficient (Wildman–Crippen LogP) is 1.32. The number of nitrogens with zero attached hydrogens (tertiary/aromatic N) is 1. The monoisotopic (exact) mass is 245 g/mol. The normalized spacial score (nSPS) is 23.2. The van der Waals surface area contributed by atoms with Crippen LogP contribution in [0.15, 0.2) is 4.79 Å². The average Bonchev–Trinajstić information content (AvgIpc) is 3.24. The summed E-state index contributed by atoms with van der Waals surface area (Å²) in [6.45, 7) is 1.62. The second-order valence-electron chi connectivity index (χ2n) is 6.00. The fourth-order valence-corrected chi connectivity index (χ4v) is 3.27. The van der Waals surface area contributed by atoms with Crippen molar-refractivity contribution < 1.29 is 0 Å². The van der Waals surface area contributed by atoms with E-state index >= 15 is 0 Å². The number of H-pyrrole nitrogens is 1. The van der Waals surface area contributed by atoms with Gasteiger partial charge in [0.25, 0.3) is 5.56 Å². The molecule has 0 saturated heterocycles. The van der Waals surface area contributed by atoms with Crippen molar-refractivity contribution in [2.75, 3.05) is 6.54 Å². The number of hydrogen-bond donors (Lipinski definition) is 2. The molecule has 1 aromatic heterocycles. The first kappa shape index (κ1) is 10.7. The molecule has 0 bridgehead atoms. The van der Waals surface area contributed by atoms with Crippen LogP contribution < -0.4 is 10.9 Å². The zero-order valence-electron chi connectivity index (χ0n) is 10.5. The minimum Gasteiger partial charge on any atom is -0.312 e. The molecule has 0 unspecified atom stereocenters. The molecule has 0 radical (unpaired) electrons. The highest BCUT2D eigenvalue weighted by Crippen LogP contribution is 2.53. The van der Waals surface area contributed by atoms with Crippen molar-refractivity contribution in [2.45, 2.75) is 44.6 Å². The Morgan fingerprint density at radius 3 is 2.56 bits per heavy atom. The summed E-state index contributed by atoms with van der Waals surface area (Å²) in [6, 6.07) is 0. The maximum absolute atomic E-state index is 12.1. The van der Waals surface area contributed by atoms with E-state index in [9.17, 15) is 4.79 Å². The van der Waals surface area contributed by atoms with Gasteiger partial charge >= 0.3 is 0 Å². The van der Waals surface area contributed by atoms with Crippen molar-refractivity contribution in [3.05, 3.63) is 27.4 Å². The van der Waals surface area contributed by atoms with E-state index in [1.54, 1.807) is 0 Å². The summed E-state index contributed by atoms with van der Waals surface area (Å²) in [4.78, 5) is 20.0. The Morgan fingerprint density at radius 1 is 1.17 bits per heavy atom. The third-order valence-corrected chi connectivity index (χ3v) is 4.54. The summed E-state index contributed by atoms with van der Waals surface area (Å²) in [5.74, 6) is 3.12. The Morgan fingerprint density at radius 2 is 1.89 bits per heavy atom. The molecule has 3 aliphatic rings. The molecule has 1 aromatic rings. The van der Waals surface area contributed by atoms with Gasteiger partial charge < -0.3 is 10.3 Å². The average molecular weight is 245 g/mol. The molecule has 2 aliphatic carbocycles. The largest absolute Gasteiger partial charge is 0.312 e. The van der Waals surface area contributed by atoms with E-state index < -0.39 is 0 Å². The lowest BCUT2D eigenvalue weighted by Crippen LogP contribution is -2.33. The van der Waals surface area contributed by atoms with Gasteiger partial charge in [0.05, 0.1) is 11.3 Å². The number of aromatic nitrogens is 2. The van der Waals surface area contributed by atoms with Crippen LogP contribution >= 0.6 is 0 Å². The molecular formula is C14H19N3O. The van der Waals surface area contributed by atoms with Crippen LogP contribution in [0.1, 0.15) is 48.7 Å². The minimum absolute atomic E-state index is 0.0912. The molecule has 0 spiro atoms. The van der Waals surface area contributed by atoms with Crippen LogP contribution in [0.25, 0.3) is 0 Å². The van der Waals surface area contributed by atoms with Gasteiger partial charge in [-0.25, -0.2) is 4.98 Å². The lowest BCUT2D eigenvalue weighted by atomic mass is 9.96. The standard InChI is InChI=1S/C14H19N3O/c18-14-10-7-15-6-5-11(10)16-13(17-14)12(8-1-2-8)9-3-4-9/h8-9,12,15H,1-7H2,(H,16,17,18). The van der Waals surface area contributed by atoms with Crippen LogP contribution in [0.4, 0.5) is 0 Å². The van der Waals surface area contributed by atoms with Crippen LogP contribution in [0.5, 0.6) is 0 Å². The maximum Gasteiger partial charge on any atom is 0.255 e. The SMILES string of the molecule is O=c1[nH]c(C(C2CC2)C2CC2)nc2c1CNCC2. The van der Waals surface area contributed by atoms with E-state index in [0.29, 0.717) is 12.5 Å².